The second kappa shape index (κ2) is 6.55. The summed E-state index contributed by atoms with van der Waals surface area (Å²) in [6.45, 7) is 5.33. The molecule has 0 aromatic heterocycles. The smallest absolute Gasteiger partial charge is 0.0445 e. The van der Waals surface area contributed by atoms with Crippen molar-refractivity contribution >= 4 is 0 Å². The number of nitrogens with two attached hydrogens (primary N) is 1. The summed E-state index contributed by atoms with van der Waals surface area (Å²) in [6, 6.07) is 0.344. The zero-order chi connectivity index (χ0) is 12.0. The van der Waals surface area contributed by atoms with Crippen molar-refractivity contribution in [1.82, 2.24) is 10.2 Å². The highest BCUT2D eigenvalue weighted by atomic mass is 16.3. The second-order valence-corrected chi connectivity index (χ2v) is 5.20. The molecule has 1 aliphatic heterocycles. The van der Waals surface area contributed by atoms with Crippen molar-refractivity contribution in [2.24, 2.45) is 5.73 Å². The molecule has 4 heteroatoms. The summed E-state index contributed by atoms with van der Waals surface area (Å²) < 4.78 is 0. The number of hydrogen-bond acceptors (Lipinski definition) is 4. The first-order chi connectivity index (χ1) is 7.62. The van der Waals surface area contributed by atoms with E-state index in [4.69, 9.17) is 10.8 Å². The number of aliphatic hydroxyl groups excluding tert-OH is 1. The Morgan fingerprint density at radius 1 is 1.44 bits per heavy atom. The first-order valence-electron chi connectivity index (χ1n) is 6.39. The van der Waals surface area contributed by atoms with Gasteiger partial charge in [0.25, 0.3) is 0 Å². The number of hydrogen-bond donors (Lipinski definition) is 3. The molecule has 0 saturated carbocycles. The molecule has 16 heavy (non-hydrogen) atoms. The minimum Gasteiger partial charge on any atom is -0.396 e. The zero-order valence-corrected chi connectivity index (χ0v) is 10.7. The van der Waals surface area contributed by atoms with Gasteiger partial charge >= 0.3 is 0 Å². The minimum atomic E-state index is 0.0827. The number of nitrogens with zero attached hydrogens (tertiary/aromatic N) is 1. The van der Waals surface area contributed by atoms with Gasteiger partial charge in [-0.1, -0.05) is 0 Å². The van der Waals surface area contributed by atoms with Crippen molar-refractivity contribution in [3.63, 3.8) is 0 Å². The standard InChI is InChI=1S/C12H27N3O/c1-11(4-9-16)14-12(10-13)5-3-7-15(2)8-6-12/h11,14,16H,3-10,13H2,1-2H3. The third-order valence-corrected chi connectivity index (χ3v) is 3.67. The van der Waals surface area contributed by atoms with E-state index < -0.39 is 0 Å². The maximum Gasteiger partial charge on any atom is 0.0445 e. The molecule has 2 unspecified atom stereocenters. The van der Waals surface area contributed by atoms with Crippen LogP contribution in [0, 0.1) is 0 Å². The maximum atomic E-state index is 8.94. The Morgan fingerprint density at radius 2 is 2.19 bits per heavy atom. The summed E-state index contributed by atoms with van der Waals surface area (Å²) in [7, 11) is 2.17. The van der Waals surface area contributed by atoms with Crippen molar-refractivity contribution < 1.29 is 5.11 Å². The van der Waals surface area contributed by atoms with E-state index in [1.807, 2.05) is 0 Å². The molecule has 96 valence electrons. The summed E-state index contributed by atoms with van der Waals surface area (Å²) in [5, 5.41) is 12.6. The molecule has 0 bridgehead atoms. The molecule has 1 aliphatic rings. The Balaban J connectivity index is 2.54. The van der Waals surface area contributed by atoms with Gasteiger partial charge in [-0.05, 0) is 52.7 Å². The average Bonchev–Trinajstić information content (AvgIpc) is 2.42. The van der Waals surface area contributed by atoms with Crippen LogP contribution < -0.4 is 11.1 Å². The van der Waals surface area contributed by atoms with Gasteiger partial charge in [0.15, 0.2) is 0 Å². The molecule has 4 N–H and O–H groups in total. The number of aliphatic hydroxyl groups is 1. The molecule has 0 aromatic carbocycles. The van der Waals surface area contributed by atoms with Crippen LogP contribution in [-0.4, -0.2) is 54.9 Å². The van der Waals surface area contributed by atoms with Crippen molar-refractivity contribution in [3.8, 4) is 0 Å². The van der Waals surface area contributed by atoms with Crippen LogP contribution in [0.4, 0.5) is 0 Å². The molecule has 1 saturated heterocycles. The SMILES string of the molecule is CC(CCO)NC1(CN)CCCN(C)CC1. The molecule has 1 heterocycles. The van der Waals surface area contributed by atoms with Gasteiger partial charge in [0.1, 0.15) is 0 Å². The highest BCUT2D eigenvalue weighted by Gasteiger charge is 2.31. The molecule has 0 aliphatic carbocycles. The van der Waals surface area contributed by atoms with E-state index in [0.29, 0.717) is 12.6 Å². The van der Waals surface area contributed by atoms with Gasteiger partial charge in [-0.25, -0.2) is 0 Å². The van der Waals surface area contributed by atoms with Crippen molar-refractivity contribution in [2.45, 2.75) is 44.2 Å². The Kier molecular flexibility index (Phi) is 5.69. The van der Waals surface area contributed by atoms with Gasteiger partial charge in [-0.15, -0.1) is 0 Å². The lowest BCUT2D eigenvalue weighted by molar-refractivity contribution is 0.220. The van der Waals surface area contributed by atoms with Gasteiger partial charge in [-0.2, -0.15) is 0 Å². The molecule has 4 nitrogen and oxygen atoms in total. The summed E-state index contributed by atoms with van der Waals surface area (Å²) in [4.78, 5) is 2.37. The monoisotopic (exact) mass is 229 g/mol. The van der Waals surface area contributed by atoms with Crippen molar-refractivity contribution in [2.75, 3.05) is 33.3 Å². The molecule has 0 amide bonds. The van der Waals surface area contributed by atoms with E-state index in [9.17, 15) is 0 Å². The lowest BCUT2D eigenvalue weighted by Crippen LogP contribution is -2.55. The van der Waals surface area contributed by atoms with Crippen molar-refractivity contribution in [3.05, 3.63) is 0 Å². The van der Waals surface area contributed by atoms with Gasteiger partial charge in [0.05, 0.1) is 0 Å². The fourth-order valence-electron chi connectivity index (χ4n) is 2.52. The van der Waals surface area contributed by atoms with Gasteiger partial charge in [0, 0.05) is 24.7 Å². The van der Waals surface area contributed by atoms with E-state index in [1.165, 1.54) is 6.42 Å². The highest BCUT2D eigenvalue weighted by molar-refractivity contribution is 4.93. The van der Waals surface area contributed by atoms with Crippen LogP contribution in [0.5, 0.6) is 0 Å². The van der Waals surface area contributed by atoms with Crippen LogP contribution in [0.2, 0.25) is 0 Å². The third-order valence-electron chi connectivity index (χ3n) is 3.67. The molecular formula is C12H27N3O. The second-order valence-electron chi connectivity index (χ2n) is 5.20. The van der Waals surface area contributed by atoms with E-state index in [0.717, 1.165) is 32.4 Å². The predicted octanol–water partition coefficient (Wildman–Crippen LogP) is 0.160. The first kappa shape index (κ1) is 13.9. The topological polar surface area (TPSA) is 61.5 Å². The molecule has 0 aromatic rings. The zero-order valence-electron chi connectivity index (χ0n) is 10.7. The van der Waals surface area contributed by atoms with E-state index in [2.05, 4.69) is 24.2 Å². The number of rotatable bonds is 5. The van der Waals surface area contributed by atoms with Crippen LogP contribution in [0.3, 0.4) is 0 Å². The third kappa shape index (κ3) is 4.01. The molecular weight excluding hydrogens is 202 g/mol. The van der Waals surface area contributed by atoms with Crippen molar-refractivity contribution in [1.29, 1.82) is 0 Å². The molecule has 1 rings (SSSR count). The molecule has 2 atom stereocenters. The van der Waals surface area contributed by atoms with Gasteiger partial charge < -0.3 is 21.1 Å². The highest BCUT2D eigenvalue weighted by Crippen LogP contribution is 2.22. The van der Waals surface area contributed by atoms with Crippen LogP contribution in [0.25, 0.3) is 0 Å². The number of likely N-dealkylation sites (tertiary alicyclic amines) is 1. The average molecular weight is 229 g/mol. The lowest BCUT2D eigenvalue weighted by atomic mass is 9.89. The van der Waals surface area contributed by atoms with Crippen LogP contribution >= 0.6 is 0 Å². The quantitative estimate of drug-likeness (QED) is 0.628. The van der Waals surface area contributed by atoms with Gasteiger partial charge in [0.2, 0.25) is 0 Å². The lowest BCUT2D eigenvalue weighted by Gasteiger charge is -2.35. The van der Waals surface area contributed by atoms with Crippen LogP contribution in [0.15, 0.2) is 0 Å². The molecule has 1 fully saturated rings. The summed E-state index contributed by atoms with van der Waals surface area (Å²) >= 11 is 0. The van der Waals surface area contributed by atoms with Gasteiger partial charge in [-0.3, -0.25) is 0 Å². The summed E-state index contributed by atoms with van der Waals surface area (Å²) in [6.07, 6.45) is 4.25. The normalized spacial score (nSPS) is 30.0. The minimum absolute atomic E-state index is 0.0827. The maximum absolute atomic E-state index is 8.94. The van der Waals surface area contributed by atoms with Crippen LogP contribution in [0.1, 0.15) is 32.6 Å². The Morgan fingerprint density at radius 3 is 2.81 bits per heavy atom. The Hall–Kier alpha value is -0.160. The van der Waals surface area contributed by atoms with E-state index >= 15 is 0 Å². The molecule has 0 spiro atoms. The van der Waals surface area contributed by atoms with Crippen LogP contribution in [-0.2, 0) is 0 Å². The Labute approximate surface area is 99.2 Å². The fraction of sp³-hybridized carbons (Fsp3) is 1.00. The molecule has 0 radical (unpaired) electrons. The summed E-state index contributed by atoms with van der Waals surface area (Å²) in [5.41, 5.74) is 6.04. The number of nitrogens with one attached hydrogen (secondary N) is 1. The first-order valence-corrected chi connectivity index (χ1v) is 6.39. The fourth-order valence-corrected chi connectivity index (χ4v) is 2.52. The van der Waals surface area contributed by atoms with E-state index in [1.54, 1.807) is 0 Å². The Bertz CT molecular complexity index is 201. The van der Waals surface area contributed by atoms with E-state index in [-0.39, 0.29) is 12.1 Å². The summed E-state index contributed by atoms with van der Waals surface area (Å²) in [5.74, 6) is 0. The largest absolute Gasteiger partial charge is 0.396 e. The predicted molar refractivity (Wildman–Crippen MR) is 67.4 cm³/mol.